The lowest BCUT2D eigenvalue weighted by Crippen LogP contribution is -2.29. The van der Waals surface area contributed by atoms with Gasteiger partial charge < -0.3 is 29.5 Å². The van der Waals surface area contributed by atoms with Crippen LogP contribution in [0, 0.1) is 0 Å². The van der Waals surface area contributed by atoms with Crippen molar-refractivity contribution in [3.63, 3.8) is 0 Å². The molecule has 0 unspecified atom stereocenters. The standard InChI is InChI=1S/C36H31ClN4O6/c1-36(2,3)47-35(45)39-23-8-10-26-19(12-23)14-27(40-26)33(43)38-22-9-11-30-20(13-22)15-31(46-30)34(44)41-18-21(17-37)32-25-7-5-4-6-24(25)29(42)16-28(32)41/h4-16,21,40,42H,17-18H2,1-3H3,(H,38,43)(H,39,45)/t21-/m1/s1. The van der Waals surface area contributed by atoms with Crippen LogP contribution in [0.2, 0.25) is 0 Å². The van der Waals surface area contributed by atoms with Gasteiger partial charge in [0.2, 0.25) is 0 Å². The highest BCUT2D eigenvalue weighted by Gasteiger charge is 2.36. The summed E-state index contributed by atoms with van der Waals surface area (Å²) in [6.45, 7) is 5.71. The summed E-state index contributed by atoms with van der Waals surface area (Å²) < 4.78 is 11.3. The number of alkyl halides is 1. The minimum atomic E-state index is -0.626. The molecule has 0 saturated carbocycles. The fourth-order valence-electron chi connectivity index (χ4n) is 6.06. The molecule has 47 heavy (non-hydrogen) atoms. The maximum absolute atomic E-state index is 13.8. The number of carbonyl (C=O) groups is 3. The molecular formula is C36H31ClN4O6. The smallest absolute Gasteiger partial charge is 0.412 e. The van der Waals surface area contributed by atoms with Crippen molar-refractivity contribution in [1.82, 2.24) is 4.98 Å². The predicted octanol–water partition coefficient (Wildman–Crippen LogP) is 8.36. The lowest BCUT2D eigenvalue weighted by atomic mass is 9.95. The molecule has 238 valence electrons. The Balaban J connectivity index is 1.10. The van der Waals surface area contributed by atoms with Crippen LogP contribution in [0.3, 0.4) is 0 Å². The third kappa shape index (κ3) is 5.72. The summed E-state index contributed by atoms with van der Waals surface area (Å²) in [4.78, 5) is 43.8. The zero-order valence-electron chi connectivity index (χ0n) is 25.8. The number of amides is 3. The number of aromatic amines is 1. The first kappa shape index (κ1) is 30.2. The molecule has 7 rings (SSSR count). The van der Waals surface area contributed by atoms with E-state index in [4.69, 9.17) is 20.8 Å². The van der Waals surface area contributed by atoms with Gasteiger partial charge in [0.15, 0.2) is 5.76 Å². The molecule has 0 bridgehead atoms. The van der Waals surface area contributed by atoms with Gasteiger partial charge in [-0.15, -0.1) is 11.6 Å². The molecule has 1 aliphatic heterocycles. The number of phenolic OH excluding ortho intramolecular Hbond substituents is 1. The third-order valence-electron chi connectivity index (χ3n) is 8.07. The van der Waals surface area contributed by atoms with Crippen molar-refractivity contribution in [2.24, 2.45) is 0 Å². The van der Waals surface area contributed by atoms with E-state index in [1.54, 1.807) is 80.3 Å². The van der Waals surface area contributed by atoms with Crippen LogP contribution >= 0.6 is 11.6 Å². The number of carbonyl (C=O) groups excluding carboxylic acids is 3. The second-order valence-corrected chi connectivity index (χ2v) is 12.9. The van der Waals surface area contributed by atoms with Crippen molar-refractivity contribution in [1.29, 1.82) is 0 Å². The Bertz CT molecular complexity index is 2230. The Morgan fingerprint density at radius 3 is 2.45 bits per heavy atom. The molecule has 0 spiro atoms. The van der Waals surface area contributed by atoms with Crippen LogP contribution in [0.5, 0.6) is 5.75 Å². The van der Waals surface area contributed by atoms with Gasteiger partial charge in [0.25, 0.3) is 11.8 Å². The molecule has 6 aromatic rings. The predicted molar refractivity (Wildman–Crippen MR) is 183 cm³/mol. The van der Waals surface area contributed by atoms with Crippen LogP contribution in [-0.2, 0) is 4.74 Å². The summed E-state index contributed by atoms with van der Waals surface area (Å²) >= 11 is 6.35. The SMILES string of the molecule is CC(C)(C)OC(=O)Nc1ccc2[nH]c(C(=O)Nc3ccc4oc(C(=O)N5C[C@@H](CCl)c6c5cc(O)c5ccccc65)cc4c3)cc2c1. The number of benzene rings is 4. The number of aromatic nitrogens is 1. The summed E-state index contributed by atoms with van der Waals surface area (Å²) in [5.74, 6) is -0.294. The van der Waals surface area contributed by atoms with Crippen molar-refractivity contribution < 1.29 is 28.6 Å². The van der Waals surface area contributed by atoms with E-state index in [1.165, 1.54) is 0 Å². The number of nitrogens with one attached hydrogen (secondary N) is 3. The first-order chi connectivity index (χ1) is 22.5. The van der Waals surface area contributed by atoms with Gasteiger partial charge in [-0.25, -0.2) is 4.79 Å². The molecule has 10 nitrogen and oxygen atoms in total. The van der Waals surface area contributed by atoms with E-state index in [9.17, 15) is 19.5 Å². The molecule has 4 N–H and O–H groups in total. The number of phenols is 1. The van der Waals surface area contributed by atoms with Crippen LogP contribution in [0.1, 0.15) is 53.3 Å². The van der Waals surface area contributed by atoms with Crippen LogP contribution in [0.25, 0.3) is 32.6 Å². The second-order valence-electron chi connectivity index (χ2n) is 12.6. The van der Waals surface area contributed by atoms with Crippen molar-refractivity contribution in [3.05, 3.63) is 95.9 Å². The van der Waals surface area contributed by atoms with E-state index in [-0.39, 0.29) is 29.2 Å². The zero-order chi connectivity index (χ0) is 33.0. The molecule has 0 aliphatic carbocycles. The monoisotopic (exact) mass is 650 g/mol. The Hall–Kier alpha value is -5.48. The highest BCUT2D eigenvalue weighted by atomic mass is 35.5. The number of ether oxygens (including phenoxy) is 1. The molecule has 0 radical (unpaired) electrons. The lowest BCUT2D eigenvalue weighted by Gasteiger charge is -2.19. The van der Waals surface area contributed by atoms with Gasteiger partial charge in [-0.3, -0.25) is 14.9 Å². The van der Waals surface area contributed by atoms with Crippen LogP contribution in [0.4, 0.5) is 21.9 Å². The van der Waals surface area contributed by atoms with Gasteiger partial charge >= 0.3 is 6.09 Å². The van der Waals surface area contributed by atoms with Gasteiger partial charge in [0, 0.05) is 57.5 Å². The summed E-state index contributed by atoms with van der Waals surface area (Å²) in [7, 11) is 0. The normalized spacial score (nSPS) is 14.5. The summed E-state index contributed by atoms with van der Waals surface area (Å²) in [5.41, 5.74) is 3.49. The first-order valence-corrected chi connectivity index (χ1v) is 15.6. The van der Waals surface area contributed by atoms with E-state index in [0.29, 0.717) is 51.5 Å². The lowest BCUT2D eigenvalue weighted by molar-refractivity contribution is 0.0635. The Morgan fingerprint density at radius 1 is 0.957 bits per heavy atom. The molecule has 2 aromatic heterocycles. The number of hydrogen-bond acceptors (Lipinski definition) is 6. The van der Waals surface area contributed by atoms with Gasteiger partial charge in [0.05, 0.1) is 5.69 Å². The quantitative estimate of drug-likeness (QED) is 0.138. The number of halogens is 1. The minimum Gasteiger partial charge on any atom is -0.507 e. The van der Waals surface area contributed by atoms with E-state index in [0.717, 1.165) is 21.9 Å². The first-order valence-electron chi connectivity index (χ1n) is 15.1. The van der Waals surface area contributed by atoms with E-state index in [1.807, 2.05) is 24.3 Å². The highest BCUT2D eigenvalue weighted by molar-refractivity contribution is 6.19. The van der Waals surface area contributed by atoms with Gasteiger partial charge in [-0.1, -0.05) is 24.3 Å². The molecule has 1 atom stereocenters. The van der Waals surface area contributed by atoms with Crippen molar-refractivity contribution >= 4 is 79.2 Å². The van der Waals surface area contributed by atoms with Gasteiger partial charge in [0.1, 0.15) is 22.6 Å². The maximum atomic E-state index is 13.8. The van der Waals surface area contributed by atoms with Gasteiger partial charge in [-0.05, 0) is 80.3 Å². The molecule has 3 amide bonds. The fraction of sp³-hybridized carbons (Fsp3) is 0.194. The van der Waals surface area contributed by atoms with Crippen LogP contribution in [-0.4, -0.2) is 46.0 Å². The number of rotatable bonds is 5. The Morgan fingerprint density at radius 2 is 1.68 bits per heavy atom. The second kappa shape index (κ2) is 11.4. The molecule has 0 saturated heterocycles. The molecular weight excluding hydrogens is 620 g/mol. The number of H-pyrrole nitrogens is 1. The van der Waals surface area contributed by atoms with Crippen molar-refractivity contribution in [2.45, 2.75) is 32.3 Å². The minimum absolute atomic E-state index is 0.0882. The molecule has 0 fully saturated rings. The van der Waals surface area contributed by atoms with E-state index >= 15 is 0 Å². The largest absolute Gasteiger partial charge is 0.507 e. The molecule has 3 heterocycles. The average Bonchev–Trinajstić information content (AvgIpc) is 3.74. The highest BCUT2D eigenvalue weighted by Crippen LogP contribution is 2.45. The van der Waals surface area contributed by atoms with E-state index < -0.39 is 11.7 Å². The average molecular weight is 651 g/mol. The number of anilines is 3. The third-order valence-corrected chi connectivity index (χ3v) is 8.44. The van der Waals surface area contributed by atoms with Crippen molar-refractivity contribution in [3.8, 4) is 5.75 Å². The molecule has 4 aromatic carbocycles. The number of nitrogens with zero attached hydrogens (tertiary/aromatic N) is 1. The van der Waals surface area contributed by atoms with Crippen molar-refractivity contribution in [2.75, 3.05) is 28.0 Å². The zero-order valence-corrected chi connectivity index (χ0v) is 26.6. The Kier molecular flexibility index (Phi) is 7.32. The van der Waals surface area contributed by atoms with Crippen LogP contribution < -0.4 is 15.5 Å². The molecule has 11 heteroatoms. The van der Waals surface area contributed by atoms with Crippen LogP contribution in [0.15, 0.2) is 83.3 Å². The number of aromatic hydroxyl groups is 1. The summed E-state index contributed by atoms with van der Waals surface area (Å²) in [6, 6.07) is 22.8. The Labute approximate surface area is 274 Å². The topological polar surface area (TPSA) is 137 Å². The summed E-state index contributed by atoms with van der Waals surface area (Å²) in [6.07, 6.45) is -0.567. The number of hydrogen-bond donors (Lipinski definition) is 4. The van der Waals surface area contributed by atoms with E-state index in [2.05, 4.69) is 15.6 Å². The summed E-state index contributed by atoms with van der Waals surface area (Å²) in [5, 5.41) is 19.3. The fourth-order valence-corrected chi connectivity index (χ4v) is 6.31. The number of furan rings is 1. The van der Waals surface area contributed by atoms with Gasteiger partial charge in [-0.2, -0.15) is 0 Å². The molecule has 1 aliphatic rings. The number of fused-ring (bicyclic) bond motifs is 5. The maximum Gasteiger partial charge on any atom is 0.412 e.